The van der Waals surface area contributed by atoms with Crippen molar-refractivity contribution < 1.29 is 4.79 Å². The first kappa shape index (κ1) is 15.9. The van der Waals surface area contributed by atoms with Crippen LogP contribution >= 0.6 is 0 Å². The Hall–Kier alpha value is -2.50. The van der Waals surface area contributed by atoms with Crippen LogP contribution in [0, 0.1) is 13.8 Å². The van der Waals surface area contributed by atoms with Gasteiger partial charge in [0.05, 0.1) is 17.1 Å². The molecule has 3 N–H and O–H groups in total. The molecule has 2 amide bonds. The van der Waals surface area contributed by atoms with E-state index in [-0.39, 0.29) is 6.03 Å². The molecule has 2 aromatic rings. The zero-order chi connectivity index (χ0) is 16.3. The van der Waals surface area contributed by atoms with Crippen molar-refractivity contribution in [3.8, 4) is 0 Å². The highest BCUT2D eigenvalue weighted by atomic mass is 16.2. The Morgan fingerprint density at radius 2 is 2.00 bits per heavy atom. The minimum absolute atomic E-state index is 0.281. The van der Waals surface area contributed by atoms with Gasteiger partial charge in [-0.15, -0.1) is 0 Å². The molecule has 6 nitrogen and oxygen atoms in total. The summed E-state index contributed by atoms with van der Waals surface area (Å²) in [5.74, 6) is 0. The Labute approximate surface area is 130 Å². The summed E-state index contributed by atoms with van der Waals surface area (Å²) in [7, 11) is 2.03. The van der Waals surface area contributed by atoms with Crippen molar-refractivity contribution in [1.29, 1.82) is 0 Å². The number of nitrogens with one attached hydrogen (secondary N) is 3. The quantitative estimate of drug-likeness (QED) is 0.809. The number of hydrogen-bond acceptors (Lipinski definition) is 3. The van der Waals surface area contributed by atoms with Crippen LogP contribution in [0.3, 0.4) is 0 Å². The third-order valence-corrected chi connectivity index (χ3v) is 3.65. The molecule has 0 unspecified atom stereocenters. The molecule has 0 saturated heterocycles. The summed E-state index contributed by atoms with van der Waals surface area (Å²) in [5.41, 5.74) is 4.12. The highest BCUT2D eigenvalue weighted by molar-refractivity contribution is 6.00. The number of carbonyl (C=O) groups excluding carboxylic acids is 1. The smallest absolute Gasteiger partial charge is 0.323 e. The van der Waals surface area contributed by atoms with E-state index < -0.39 is 0 Å². The van der Waals surface area contributed by atoms with Crippen LogP contribution in [-0.2, 0) is 0 Å². The lowest BCUT2D eigenvalue weighted by Crippen LogP contribution is -2.26. The first-order chi connectivity index (χ1) is 10.4. The summed E-state index contributed by atoms with van der Waals surface area (Å²) < 4.78 is 0. The van der Waals surface area contributed by atoms with E-state index in [0.29, 0.717) is 11.7 Å². The summed E-state index contributed by atoms with van der Waals surface area (Å²) in [4.78, 5) is 14.3. The molecular weight excluding hydrogens is 278 g/mol. The maximum Gasteiger partial charge on any atom is 0.323 e. The molecule has 0 aliphatic carbocycles. The molecule has 2 rings (SSSR count). The predicted molar refractivity (Wildman–Crippen MR) is 90.7 cm³/mol. The van der Waals surface area contributed by atoms with Crippen LogP contribution in [0.5, 0.6) is 0 Å². The highest BCUT2D eigenvalue weighted by Gasteiger charge is 2.11. The first-order valence-electron chi connectivity index (χ1n) is 7.31. The van der Waals surface area contributed by atoms with E-state index >= 15 is 0 Å². The van der Waals surface area contributed by atoms with Crippen LogP contribution in [0.15, 0.2) is 24.3 Å². The average Bonchev–Trinajstić information content (AvgIpc) is 2.78. The Morgan fingerprint density at radius 1 is 1.27 bits per heavy atom. The van der Waals surface area contributed by atoms with Crippen molar-refractivity contribution in [3.63, 3.8) is 0 Å². The molecule has 0 saturated carbocycles. The van der Waals surface area contributed by atoms with Crippen LogP contribution < -0.4 is 15.5 Å². The molecule has 1 heterocycles. The average molecular weight is 301 g/mol. The van der Waals surface area contributed by atoms with Gasteiger partial charge in [0, 0.05) is 24.5 Å². The van der Waals surface area contributed by atoms with E-state index in [0.717, 1.165) is 22.8 Å². The Balaban J connectivity index is 2.07. The molecule has 1 aromatic heterocycles. The van der Waals surface area contributed by atoms with E-state index in [9.17, 15) is 4.79 Å². The third kappa shape index (κ3) is 3.58. The van der Waals surface area contributed by atoms with Gasteiger partial charge in [-0.1, -0.05) is 6.07 Å². The van der Waals surface area contributed by atoms with Crippen LogP contribution in [0.25, 0.3) is 0 Å². The molecule has 0 spiro atoms. The molecule has 0 bridgehead atoms. The lowest BCUT2D eigenvalue weighted by atomic mass is 10.2. The van der Waals surface area contributed by atoms with E-state index in [2.05, 4.69) is 39.6 Å². The fourth-order valence-electron chi connectivity index (χ4n) is 2.11. The predicted octanol–water partition coefficient (Wildman–Crippen LogP) is 3.52. The lowest BCUT2D eigenvalue weighted by Gasteiger charge is -2.24. The SMILES string of the molecule is Cc1n[nH]c(C)c1NC(=O)Nc1cccc(N(C)C(C)C)c1. The summed E-state index contributed by atoms with van der Waals surface area (Å²) >= 11 is 0. The van der Waals surface area contributed by atoms with Gasteiger partial charge < -0.3 is 15.5 Å². The molecule has 118 valence electrons. The van der Waals surface area contributed by atoms with Gasteiger partial charge in [0.25, 0.3) is 0 Å². The van der Waals surface area contributed by atoms with Crippen LogP contribution in [0.4, 0.5) is 21.9 Å². The zero-order valence-electron chi connectivity index (χ0n) is 13.7. The minimum Gasteiger partial charge on any atom is -0.372 e. The van der Waals surface area contributed by atoms with Gasteiger partial charge in [0.2, 0.25) is 0 Å². The lowest BCUT2D eigenvalue weighted by molar-refractivity contribution is 0.262. The number of urea groups is 1. The number of aryl methyl sites for hydroxylation is 2. The number of amides is 2. The molecule has 0 fully saturated rings. The monoisotopic (exact) mass is 301 g/mol. The standard InChI is InChI=1S/C16H23N5O/c1-10(2)21(5)14-8-6-7-13(9-14)17-16(22)18-15-11(3)19-20-12(15)4/h6-10H,1-5H3,(H,19,20)(H2,17,18,22). The summed E-state index contributed by atoms with van der Waals surface area (Å²) in [5, 5.41) is 12.6. The molecule has 0 aliphatic heterocycles. The number of hydrogen-bond donors (Lipinski definition) is 3. The Kier molecular flexibility index (Phi) is 4.70. The molecule has 22 heavy (non-hydrogen) atoms. The van der Waals surface area contributed by atoms with Crippen molar-refractivity contribution in [2.45, 2.75) is 33.7 Å². The van der Waals surface area contributed by atoms with Gasteiger partial charge in [0.15, 0.2) is 0 Å². The normalized spacial score (nSPS) is 10.6. The zero-order valence-corrected chi connectivity index (χ0v) is 13.7. The topological polar surface area (TPSA) is 73.0 Å². The Bertz CT molecular complexity index is 643. The molecule has 1 aromatic carbocycles. The van der Waals surface area contributed by atoms with Crippen molar-refractivity contribution in [2.24, 2.45) is 0 Å². The number of H-pyrrole nitrogens is 1. The molecular formula is C16H23N5O. The van der Waals surface area contributed by atoms with Gasteiger partial charge >= 0.3 is 6.03 Å². The van der Waals surface area contributed by atoms with E-state index in [1.807, 2.05) is 45.2 Å². The number of benzene rings is 1. The van der Waals surface area contributed by atoms with Gasteiger partial charge in [-0.05, 0) is 45.9 Å². The van der Waals surface area contributed by atoms with E-state index in [1.165, 1.54) is 0 Å². The largest absolute Gasteiger partial charge is 0.372 e. The first-order valence-corrected chi connectivity index (χ1v) is 7.31. The second-order valence-corrected chi connectivity index (χ2v) is 5.64. The number of rotatable bonds is 4. The molecule has 0 radical (unpaired) electrons. The summed E-state index contributed by atoms with van der Waals surface area (Å²) in [6.45, 7) is 7.96. The molecule has 0 aliphatic rings. The number of aromatic nitrogens is 2. The molecule has 0 atom stereocenters. The van der Waals surface area contributed by atoms with E-state index in [1.54, 1.807) is 0 Å². The maximum absolute atomic E-state index is 12.1. The number of carbonyl (C=O) groups is 1. The fourth-order valence-corrected chi connectivity index (χ4v) is 2.11. The minimum atomic E-state index is -0.281. The Morgan fingerprint density at radius 3 is 2.59 bits per heavy atom. The fraction of sp³-hybridized carbons (Fsp3) is 0.375. The van der Waals surface area contributed by atoms with Crippen molar-refractivity contribution in [3.05, 3.63) is 35.7 Å². The van der Waals surface area contributed by atoms with Crippen molar-refractivity contribution >= 4 is 23.1 Å². The maximum atomic E-state index is 12.1. The van der Waals surface area contributed by atoms with Crippen LogP contribution in [0.2, 0.25) is 0 Å². The van der Waals surface area contributed by atoms with E-state index in [4.69, 9.17) is 0 Å². The van der Waals surface area contributed by atoms with Crippen molar-refractivity contribution in [1.82, 2.24) is 10.2 Å². The number of anilines is 3. The third-order valence-electron chi connectivity index (χ3n) is 3.65. The number of aromatic amines is 1. The summed E-state index contributed by atoms with van der Waals surface area (Å²) in [6, 6.07) is 7.88. The van der Waals surface area contributed by atoms with Crippen LogP contribution in [0.1, 0.15) is 25.2 Å². The van der Waals surface area contributed by atoms with Crippen LogP contribution in [-0.4, -0.2) is 29.3 Å². The van der Waals surface area contributed by atoms with Gasteiger partial charge in [0.1, 0.15) is 0 Å². The van der Waals surface area contributed by atoms with Crippen molar-refractivity contribution in [2.75, 3.05) is 22.6 Å². The summed E-state index contributed by atoms with van der Waals surface area (Å²) in [6.07, 6.45) is 0. The van der Waals surface area contributed by atoms with Gasteiger partial charge in [-0.25, -0.2) is 4.79 Å². The van der Waals surface area contributed by atoms with Gasteiger partial charge in [-0.2, -0.15) is 5.10 Å². The highest BCUT2D eigenvalue weighted by Crippen LogP contribution is 2.21. The number of nitrogens with zero attached hydrogens (tertiary/aromatic N) is 2. The molecule has 6 heteroatoms. The second kappa shape index (κ2) is 6.51. The second-order valence-electron chi connectivity index (χ2n) is 5.64. The van der Waals surface area contributed by atoms with Gasteiger partial charge in [-0.3, -0.25) is 5.10 Å².